The number of pyridine rings is 1. The minimum atomic E-state index is -4.22. The van der Waals surface area contributed by atoms with Crippen LogP contribution < -0.4 is 0 Å². The Balaban J connectivity index is 2.31. The number of aromatic amines is 1. The highest BCUT2D eigenvalue weighted by Gasteiger charge is 2.27. The van der Waals surface area contributed by atoms with E-state index in [1.807, 2.05) is 0 Å². The van der Waals surface area contributed by atoms with E-state index in [2.05, 4.69) is 15.2 Å². The summed E-state index contributed by atoms with van der Waals surface area (Å²) in [5, 5.41) is 6.42. The molecule has 96 valence electrons. The molecule has 2 aromatic rings. The molecule has 0 fully saturated rings. The molecule has 4 nitrogen and oxygen atoms in total. The molecule has 18 heavy (non-hydrogen) atoms. The number of aromatic nitrogens is 4. The van der Waals surface area contributed by atoms with Crippen molar-refractivity contribution in [2.45, 2.75) is 19.1 Å². The Kier molecular flexibility index (Phi) is 3.46. The highest BCUT2D eigenvalue weighted by Crippen LogP contribution is 2.22. The monoisotopic (exact) mass is 274 g/mol. The van der Waals surface area contributed by atoms with Crippen LogP contribution in [-0.2, 0) is 6.54 Å². The Morgan fingerprint density at radius 2 is 2.17 bits per heavy atom. The SMILES string of the molecule is FC(F)(F)CCn1c(-c2cccnc2)n[nH]c1=S. The van der Waals surface area contributed by atoms with Gasteiger partial charge in [-0.3, -0.25) is 14.6 Å². The van der Waals surface area contributed by atoms with Crippen LogP contribution in [-0.4, -0.2) is 25.9 Å². The maximum atomic E-state index is 12.2. The van der Waals surface area contributed by atoms with Crippen molar-refractivity contribution in [2.24, 2.45) is 0 Å². The lowest BCUT2D eigenvalue weighted by molar-refractivity contribution is -0.136. The topological polar surface area (TPSA) is 46.5 Å². The quantitative estimate of drug-likeness (QED) is 0.875. The van der Waals surface area contributed by atoms with Gasteiger partial charge in [0, 0.05) is 24.5 Å². The maximum absolute atomic E-state index is 12.2. The fraction of sp³-hybridized carbons (Fsp3) is 0.300. The van der Waals surface area contributed by atoms with Gasteiger partial charge < -0.3 is 0 Å². The van der Waals surface area contributed by atoms with E-state index >= 15 is 0 Å². The predicted octanol–water partition coefficient (Wildman–Crippen LogP) is 2.96. The van der Waals surface area contributed by atoms with Gasteiger partial charge in [-0.25, -0.2) is 0 Å². The molecule has 0 saturated heterocycles. The highest BCUT2D eigenvalue weighted by atomic mass is 32.1. The molecule has 0 spiro atoms. The van der Waals surface area contributed by atoms with E-state index in [0.717, 1.165) is 0 Å². The van der Waals surface area contributed by atoms with Crippen LogP contribution in [0.3, 0.4) is 0 Å². The molecule has 2 rings (SSSR count). The van der Waals surface area contributed by atoms with Crippen LogP contribution in [0.5, 0.6) is 0 Å². The zero-order valence-corrected chi connectivity index (χ0v) is 9.92. The number of alkyl halides is 3. The number of rotatable bonds is 3. The van der Waals surface area contributed by atoms with Crippen LogP contribution in [0, 0.1) is 4.77 Å². The van der Waals surface area contributed by atoms with Crippen LogP contribution in [0.1, 0.15) is 6.42 Å². The van der Waals surface area contributed by atoms with Gasteiger partial charge in [-0.1, -0.05) is 0 Å². The first-order chi connectivity index (χ1) is 8.47. The number of nitrogens with zero attached hydrogens (tertiary/aromatic N) is 3. The molecular weight excluding hydrogens is 265 g/mol. The molecule has 0 aliphatic rings. The number of hydrogen-bond donors (Lipinski definition) is 1. The summed E-state index contributed by atoms with van der Waals surface area (Å²) in [6, 6.07) is 3.39. The lowest BCUT2D eigenvalue weighted by atomic mass is 10.2. The van der Waals surface area contributed by atoms with E-state index in [0.29, 0.717) is 11.4 Å². The van der Waals surface area contributed by atoms with Gasteiger partial charge in [0.2, 0.25) is 0 Å². The van der Waals surface area contributed by atoms with E-state index in [1.54, 1.807) is 18.3 Å². The Morgan fingerprint density at radius 3 is 2.78 bits per heavy atom. The van der Waals surface area contributed by atoms with E-state index in [9.17, 15) is 13.2 Å². The third-order valence-electron chi connectivity index (χ3n) is 2.30. The summed E-state index contributed by atoms with van der Waals surface area (Å²) in [6.45, 7) is -0.261. The summed E-state index contributed by atoms with van der Waals surface area (Å²) in [5.74, 6) is 0.359. The van der Waals surface area contributed by atoms with Gasteiger partial charge in [-0.15, -0.1) is 0 Å². The summed E-state index contributed by atoms with van der Waals surface area (Å²) >= 11 is 4.92. The van der Waals surface area contributed by atoms with Gasteiger partial charge in [0.1, 0.15) is 0 Å². The summed E-state index contributed by atoms with van der Waals surface area (Å²) in [4.78, 5) is 3.90. The van der Waals surface area contributed by atoms with E-state index in [1.165, 1.54) is 10.8 Å². The Morgan fingerprint density at radius 1 is 1.39 bits per heavy atom. The average Bonchev–Trinajstić information content (AvgIpc) is 2.68. The molecule has 0 saturated carbocycles. The lowest BCUT2D eigenvalue weighted by Crippen LogP contribution is -2.13. The minimum absolute atomic E-state index is 0.165. The van der Waals surface area contributed by atoms with Crippen molar-refractivity contribution in [1.82, 2.24) is 19.7 Å². The smallest absolute Gasteiger partial charge is 0.300 e. The molecule has 0 atom stereocenters. The van der Waals surface area contributed by atoms with Crippen LogP contribution in [0.2, 0.25) is 0 Å². The van der Waals surface area contributed by atoms with Crippen LogP contribution >= 0.6 is 12.2 Å². The van der Waals surface area contributed by atoms with Gasteiger partial charge in [-0.05, 0) is 24.4 Å². The number of halogens is 3. The molecule has 2 aromatic heterocycles. The highest BCUT2D eigenvalue weighted by molar-refractivity contribution is 7.71. The number of H-pyrrole nitrogens is 1. The third-order valence-corrected chi connectivity index (χ3v) is 2.61. The number of nitrogens with one attached hydrogen (secondary N) is 1. The van der Waals surface area contributed by atoms with Crippen molar-refractivity contribution in [2.75, 3.05) is 0 Å². The van der Waals surface area contributed by atoms with Crippen LogP contribution in [0.15, 0.2) is 24.5 Å². The third kappa shape index (κ3) is 2.95. The molecule has 0 radical (unpaired) electrons. The summed E-state index contributed by atoms with van der Waals surface area (Å²) in [7, 11) is 0. The summed E-state index contributed by atoms with van der Waals surface area (Å²) in [5.41, 5.74) is 0.618. The van der Waals surface area contributed by atoms with Crippen molar-refractivity contribution in [3.05, 3.63) is 29.3 Å². The van der Waals surface area contributed by atoms with Gasteiger partial charge in [0.05, 0.1) is 6.42 Å². The predicted molar refractivity (Wildman–Crippen MR) is 61.3 cm³/mol. The fourth-order valence-electron chi connectivity index (χ4n) is 1.48. The lowest BCUT2D eigenvalue weighted by Gasteiger charge is -2.08. The number of hydrogen-bond acceptors (Lipinski definition) is 3. The zero-order chi connectivity index (χ0) is 13.2. The first-order valence-corrected chi connectivity index (χ1v) is 5.50. The van der Waals surface area contributed by atoms with Gasteiger partial charge >= 0.3 is 6.18 Å². The molecule has 0 aliphatic heterocycles. The van der Waals surface area contributed by atoms with Crippen molar-refractivity contribution in [3.8, 4) is 11.4 Å². The Bertz CT molecular complexity index is 573. The largest absolute Gasteiger partial charge is 0.390 e. The molecule has 8 heteroatoms. The molecular formula is C10H9F3N4S. The molecule has 1 N–H and O–H groups in total. The van der Waals surface area contributed by atoms with Crippen molar-refractivity contribution >= 4 is 12.2 Å². The van der Waals surface area contributed by atoms with Crippen molar-refractivity contribution in [3.63, 3.8) is 0 Å². The van der Waals surface area contributed by atoms with Crippen LogP contribution in [0.4, 0.5) is 13.2 Å². The van der Waals surface area contributed by atoms with Crippen molar-refractivity contribution < 1.29 is 13.2 Å². The van der Waals surface area contributed by atoms with E-state index < -0.39 is 12.6 Å². The Labute approximate surface area is 105 Å². The van der Waals surface area contributed by atoms with Gasteiger partial charge in [0.25, 0.3) is 0 Å². The van der Waals surface area contributed by atoms with E-state index in [4.69, 9.17) is 12.2 Å². The van der Waals surface area contributed by atoms with E-state index in [-0.39, 0.29) is 11.3 Å². The summed E-state index contributed by atoms with van der Waals surface area (Å²) in [6.07, 6.45) is -2.08. The molecule has 2 heterocycles. The first-order valence-electron chi connectivity index (χ1n) is 5.10. The molecule has 0 amide bonds. The van der Waals surface area contributed by atoms with Crippen LogP contribution in [0.25, 0.3) is 11.4 Å². The average molecular weight is 274 g/mol. The Hall–Kier alpha value is -1.70. The normalized spacial score (nSPS) is 11.7. The molecule has 0 aromatic carbocycles. The minimum Gasteiger partial charge on any atom is -0.300 e. The van der Waals surface area contributed by atoms with Gasteiger partial charge in [0.15, 0.2) is 10.6 Å². The second kappa shape index (κ2) is 4.89. The standard InChI is InChI=1S/C10H9F3N4S/c11-10(12,13)3-5-17-8(15-16-9(17)18)7-2-1-4-14-6-7/h1-2,4,6H,3,5H2,(H,16,18). The first kappa shape index (κ1) is 12.7. The summed E-state index contributed by atoms with van der Waals surface area (Å²) < 4.78 is 38.2. The molecule has 0 aliphatic carbocycles. The second-order valence-electron chi connectivity index (χ2n) is 3.61. The fourth-order valence-corrected chi connectivity index (χ4v) is 1.70. The maximum Gasteiger partial charge on any atom is 0.390 e. The molecule has 0 unspecified atom stereocenters. The zero-order valence-electron chi connectivity index (χ0n) is 9.11. The van der Waals surface area contributed by atoms with Gasteiger partial charge in [-0.2, -0.15) is 18.3 Å². The second-order valence-corrected chi connectivity index (χ2v) is 4.00. The molecule has 0 bridgehead atoms. The van der Waals surface area contributed by atoms with Crippen molar-refractivity contribution in [1.29, 1.82) is 0 Å².